The van der Waals surface area contributed by atoms with Crippen molar-refractivity contribution < 1.29 is 31.2 Å². The van der Waals surface area contributed by atoms with Crippen LogP contribution in [0, 0.1) is 5.92 Å². The first-order valence-corrected chi connectivity index (χ1v) is 10.3. The van der Waals surface area contributed by atoms with Crippen LogP contribution in [0.5, 0.6) is 0 Å². The summed E-state index contributed by atoms with van der Waals surface area (Å²) < 4.78 is 65.0. The Hall–Kier alpha value is -2.14. The molecule has 0 saturated carbocycles. The molecule has 1 saturated heterocycles. The van der Waals surface area contributed by atoms with Crippen LogP contribution in [0.4, 0.5) is 24.5 Å². The van der Waals surface area contributed by atoms with Crippen LogP contribution < -0.4 is 10.6 Å². The molecule has 7 nitrogen and oxygen atoms in total. The monoisotopic (exact) mass is 421 g/mol. The molecule has 1 fully saturated rings. The lowest BCUT2D eigenvalue weighted by Gasteiger charge is -2.30. The van der Waals surface area contributed by atoms with Crippen molar-refractivity contribution in [3.05, 3.63) is 23.8 Å². The van der Waals surface area contributed by atoms with Crippen molar-refractivity contribution in [2.45, 2.75) is 32.9 Å². The minimum Gasteiger partial charge on any atom is -0.326 e. The fourth-order valence-electron chi connectivity index (χ4n) is 2.98. The molecule has 1 aromatic rings. The van der Waals surface area contributed by atoms with Gasteiger partial charge < -0.3 is 10.6 Å². The van der Waals surface area contributed by atoms with E-state index in [9.17, 15) is 31.2 Å². The Labute approximate surface area is 161 Å². The topological polar surface area (TPSA) is 95.6 Å². The second-order valence-corrected chi connectivity index (χ2v) is 8.76. The lowest BCUT2D eigenvalue weighted by Crippen LogP contribution is -2.42. The molecule has 2 N–H and O–H groups in total. The molecular formula is C17H22F3N3O4S. The molecule has 0 aliphatic carbocycles. The van der Waals surface area contributed by atoms with E-state index >= 15 is 0 Å². The van der Waals surface area contributed by atoms with Gasteiger partial charge in [0.25, 0.3) is 0 Å². The summed E-state index contributed by atoms with van der Waals surface area (Å²) in [5.41, 5.74) is -1.51. The fourth-order valence-corrected chi connectivity index (χ4v) is 4.11. The van der Waals surface area contributed by atoms with Crippen LogP contribution in [0.3, 0.4) is 0 Å². The van der Waals surface area contributed by atoms with E-state index in [0.717, 1.165) is 12.1 Å². The Morgan fingerprint density at radius 3 is 2.29 bits per heavy atom. The largest absolute Gasteiger partial charge is 0.418 e. The second kappa shape index (κ2) is 8.48. The number of rotatable bonds is 5. The quantitative estimate of drug-likeness (QED) is 0.764. The molecule has 1 aliphatic heterocycles. The van der Waals surface area contributed by atoms with Crippen molar-refractivity contribution >= 4 is 33.2 Å². The third-order valence-electron chi connectivity index (χ3n) is 4.49. The number of nitrogens with one attached hydrogen (secondary N) is 2. The van der Waals surface area contributed by atoms with Gasteiger partial charge in [0.15, 0.2) is 0 Å². The normalized spacial score (nSPS) is 16.6. The molecule has 1 heterocycles. The summed E-state index contributed by atoms with van der Waals surface area (Å²) in [7, 11) is -3.35. The summed E-state index contributed by atoms with van der Waals surface area (Å²) in [4.78, 5) is 23.5. The third-order valence-corrected chi connectivity index (χ3v) is 6.37. The number of piperidine rings is 1. The van der Waals surface area contributed by atoms with Crippen molar-refractivity contribution in [2.24, 2.45) is 5.92 Å². The van der Waals surface area contributed by atoms with E-state index in [4.69, 9.17) is 0 Å². The standard InChI is InChI=1S/C17H22F3N3O4S/c1-3-28(26,27)23-8-6-12(7-9-23)16(25)22-15-5-4-13(21-11(2)24)10-14(15)17(18,19)20/h4-5,10,12H,3,6-9H2,1-2H3,(H,21,24)(H,22,25). The number of hydrogen-bond acceptors (Lipinski definition) is 4. The first-order chi connectivity index (χ1) is 12.9. The predicted molar refractivity (Wildman–Crippen MR) is 98.1 cm³/mol. The van der Waals surface area contributed by atoms with Crippen molar-refractivity contribution in [3.8, 4) is 0 Å². The summed E-state index contributed by atoms with van der Waals surface area (Å²) in [5, 5.41) is 4.57. The minimum atomic E-state index is -4.73. The van der Waals surface area contributed by atoms with E-state index in [2.05, 4.69) is 10.6 Å². The van der Waals surface area contributed by atoms with Crippen molar-refractivity contribution in [3.63, 3.8) is 0 Å². The third kappa shape index (κ3) is 5.44. The zero-order chi connectivity index (χ0) is 21.1. The lowest BCUT2D eigenvalue weighted by molar-refractivity contribution is -0.137. The highest BCUT2D eigenvalue weighted by molar-refractivity contribution is 7.89. The molecule has 2 amide bonds. The van der Waals surface area contributed by atoms with Crippen LogP contribution in [-0.2, 0) is 25.8 Å². The second-order valence-electron chi connectivity index (χ2n) is 6.50. The van der Waals surface area contributed by atoms with Crippen LogP contribution >= 0.6 is 0 Å². The van der Waals surface area contributed by atoms with Crippen LogP contribution in [0.1, 0.15) is 32.3 Å². The summed E-state index contributed by atoms with van der Waals surface area (Å²) in [6.07, 6.45) is -4.26. The van der Waals surface area contributed by atoms with Crippen LogP contribution in [0.25, 0.3) is 0 Å². The van der Waals surface area contributed by atoms with Gasteiger partial charge in [-0.3, -0.25) is 9.59 Å². The first kappa shape index (κ1) is 22.2. The molecule has 0 bridgehead atoms. The number of benzene rings is 1. The molecule has 0 unspecified atom stereocenters. The highest BCUT2D eigenvalue weighted by atomic mass is 32.2. The molecule has 1 aromatic carbocycles. The van der Waals surface area contributed by atoms with E-state index in [1.165, 1.54) is 24.2 Å². The van der Waals surface area contributed by atoms with Gasteiger partial charge in [-0.05, 0) is 38.0 Å². The average Bonchev–Trinajstić information content (AvgIpc) is 2.61. The van der Waals surface area contributed by atoms with Crippen LogP contribution in [-0.4, -0.2) is 43.4 Å². The van der Waals surface area contributed by atoms with E-state index in [1.54, 1.807) is 0 Å². The highest BCUT2D eigenvalue weighted by Gasteiger charge is 2.36. The van der Waals surface area contributed by atoms with Gasteiger partial charge in [0, 0.05) is 31.6 Å². The lowest BCUT2D eigenvalue weighted by atomic mass is 9.97. The van der Waals surface area contributed by atoms with Gasteiger partial charge in [-0.15, -0.1) is 0 Å². The number of carbonyl (C=O) groups is 2. The van der Waals surface area contributed by atoms with E-state index in [1.807, 2.05) is 0 Å². The molecule has 0 atom stereocenters. The summed E-state index contributed by atoms with van der Waals surface area (Å²) >= 11 is 0. The molecule has 0 aromatic heterocycles. The van der Waals surface area contributed by atoms with Gasteiger partial charge in [0.2, 0.25) is 21.8 Å². The summed E-state index contributed by atoms with van der Waals surface area (Å²) in [6, 6.07) is 3.11. The molecule has 0 radical (unpaired) electrons. The van der Waals surface area contributed by atoms with Gasteiger partial charge in [-0.25, -0.2) is 12.7 Å². The number of sulfonamides is 1. The zero-order valence-electron chi connectivity index (χ0n) is 15.5. The Balaban J connectivity index is 2.13. The molecular weight excluding hydrogens is 399 g/mol. The number of anilines is 2. The first-order valence-electron chi connectivity index (χ1n) is 8.71. The molecule has 11 heteroatoms. The number of halogens is 3. The minimum absolute atomic E-state index is 0.0316. The molecule has 1 aliphatic rings. The average molecular weight is 421 g/mol. The van der Waals surface area contributed by atoms with E-state index in [-0.39, 0.29) is 37.4 Å². The number of carbonyl (C=O) groups excluding carboxylic acids is 2. The van der Waals surface area contributed by atoms with Crippen LogP contribution in [0.2, 0.25) is 0 Å². The summed E-state index contributed by atoms with van der Waals surface area (Å²) in [5.74, 6) is -1.73. The zero-order valence-corrected chi connectivity index (χ0v) is 16.3. The predicted octanol–water partition coefficient (Wildman–Crippen LogP) is 2.66. The van der Waals surface area contributed by atoms with Gasteiger partial charge in [0.05, 0.1) is 17.0 Å². The van der Waals surface area contributed by atoms with Gasteiger partial charge >= 0.3 is 6.18 Å². The molecule has 0 spiro atoms. The number of nitrogens with zero attached hydrogens (tertiary/aromatic N) is 1. The SMILES string of the molecule is CCS(=O)(=O)N1CCC(C(=O)Nc2ccc(NC(C)=O)cc2C(F)(F)F)CC1. The Morgan fingerprint density at radius 2 is 1.79 bits per heavy atom. The number of alkyl halides is 3. The fraction of sp³-hybridized carbons (Fsp3) is 0.529. The number of hydrogen-bond donors (Lipinski definition) is 2. The molecule has 28 heavy (non-hydrogen) atoms. The van der Waals surface area contributed by atoms with Crippen molar-refractivity contribution in [1.29, 1.82) is 0 Å². The maximum absolute atomic E-state index is 13.3. The van der Waals surface area contributed by atoms with Gasteiger partial charge in [-0.1, -0.05) is 0 Å². The maximum Gasteiger partial charge on any atom is 0.418 e. The Bertz CT molecular complexity index is 848. The van der Waals surface area contributed by atoms with Crippen LogP contribution in [0.15, 0.2) is 18.2 Å². The maximum atomic E-state index is 13.3. The van der Waals surface area contributed by atoms with E-state index < -0.39 is 45.2 Å². The van der Waals surface area contributed by atoms with Gasteiger partial charge in [0.1, 0.15) is 0 Å². The van der Waals surface area contributed by atoms with Crippen molar-refractivity contribution in [2.75, 3.05) is 29.5 Å². The van der Waals surface area contributed by atoms with Gasteiger partial charge in [-0.2, -0.15) is 13.2 Å². The Kier molecular flexibility index (Phi) is 6.71. The van der Waals surface area contributed by atoms with Crippen molar-refractivity contribution in [1.82, 2.24) is 4.31 Å². The molecule has 2 rings (SSSR count). The smallest absolute Gasteiger partial charge is 0.326 e. The number of amides is 2. The molecule has 156 valence electrons. The highest BCUT2D eigenvalue weighted by Crippen LogP contribution is 2.37. The van der Waals surface area contributed by atoms with E-state index in [0.29, 0.717) is 0 Å². The Morgan fingerprint density at radius 1 is 1.18 bits per heavy atom. The summed E-state index contributed by atoms with van der Waals surface area (Å²) in [6.45, 7) is 3.01.